The summed E-state index contributed by atoms with van der Waals surface area (Å²) in [4.78, 5) is 0.0981. The molecule has 2 nitrogen and oxygen atoms in total. The lowest BCUT2D eigenvalue weighted by atomic mass is 9.97. The zero-order chi connectivity index (χ0) is 16.2. The zero-order valence-electron chi connectivity index (χ0n) is 12.0. The Hall–Kier alpha value is -1.21. The molecule has 7 heteroatoms. The molecular formula is C16H17ClF3NOS. The summed E-state index contributed by atoms with van der Waals surface area (Å²) in [6.45, 7) is 0. The van der Waals surface area contributed by atoms with Crippen LogP contribution < -0.4 is 5.73 Å². The molecule has 0 aliphatic carbocycles. The lowest BCUT2D eigenvalue weighted by molar-refractivity contribution is -0.0328. The Balaban J connectivity index is 0.00000264. The van der Waals surface area contributed by atoms with Crippen molar-refractivity contribution in [3.63, 3.8) is 0 Å². The van der Waals surface area contributed by atoms with E-state index in [0.717, 1.165) is 5.56 Å². The minimum Gasteiger partial charge on any atom is -0.391 e. The van der Waals surface area contributed by atoms with Crippen LogP contribution in [0.1, 0.15) is 17.2 Å². The molecule has 2 aromatic carbocycles. The Kier molecular flexibility index (Phi) is 7.41. The Bertz CT molecular complexity index is 593. The number of aliphatic hydroxyl groups excluding tert-OH is 1. The standard InChI is InChI=1S/C16H16F3NOS.ClH/c17-16(18,19)22-13-8-6-12(7-9-13)15(20)14(21)10-11-4-2-1-3-5-11;/h1-9,14-15,21H,10,20H2;1H/t14-,15+;/m1./s1. The number of nitrogens with two attached hydrogens (primary N) is 1. The van der Waals surface area contributed by atoms with Gasteiger partial charge in [0.05, 0.1) is 12.1 Å². The second-order valence-electron chi connectivity index (χ2n) is 4.90. The Morgan fingerprint density at radius 1 is 1.00 bits per heavy atom. The van der Waals surface area contributed by atoms with E-state index >= 15 is 0 Å². The number of halogens is 4. The van der Waals surface area contributed by atoms with Crippen LogP contribution in [0.4, 0.5) is 13.2 Å². The fourth-order valence-electron chi connectivity index (χ4n) is 2.10. The zero-order valence-corrected chi connectivity index (χ0v) is 13.7. The smallest absolute Gasteiger partial charge is 0.391 e. The average molecular weight is 364 g/mol. The van der Waals surface area contributed by atoms with Gasteiger partial charge in [-0.15, -0.1) is 12.4 Å². The van der Waals surface area contributed by atoms with Gasteiger partial charge >= 0.3 is 5.51 Å². The van der Waals surface area contributed by atoms with E-state index in [2.05, 4.69) is 0 Å². The first kappa shape index (κ1) is 19.8. The SMILES string of the molecule is Cl.N[C@@H](c1ccc(SC(F)(F)F)cc1)[C@H](O)Cc1ccccc1. The summed E-state index contributed by atoms with van der Waals surface area (Å²) in [5.74, 6) is 0. The number of aliphatic hydroxyl groups is 1. The summed E-state index contributed by atoms with van der Waals surface area (Å²) in [6.07, 6.45) is -0.412. The number of benzene rings is 2. The molecule has 126 valence electrons. The molecule has 0 radical (unpaired) electrons. The first-order chi connectivity index (χ1) is 10.3. The van der Waals surface area contributed by atoms with E-state index in [1.54, 1.807) is 0 Å². The second kappa shape index (κ2) is 8.59. The van der Waals surface area contributed by atoms with Crippen LogP contribution in [-0.4, -0.2) is 16.7 Å². The molecule has 0 aliphatic heterocycles. The van der Waals surface area contributed by atoms with Crippen molar-refractivity contribution in [1.29, 1.82) is 0 Å². The van der Waals surface area contributed by atoms with Gasteiger partial charge in [-0.1, -0.05) is 42.5 Å². The molecule has 0 amide bonds. The summed E-state index contributed by atoms with van der Waals surface area (Å²) < 4.78 is 36.8. The molecular weight excluding hydrogens is 347 g/mol. The minimum absolute atomic E-state index is 0. The van der Waals surface area contributed by atoms with Crippen LogP contribution in [0.25, 0.3) is 0 Å². The van der Waals surface area contributed by atoms with Gasteiger partial charge in [0.15, 0.2) is 0 Å². The van der Waals surface area contributed by atoms with E-state index in [1.165, 1.54) is 24.3 Å². The third-order valence-electron chi connectivity index (χ3n) is 3.20. The van der Waals surface area contributed by atoms with E-state index in [-0.39, 0.29) is 29.1 Å². The quantitative estimate of drug-likeness (QED) is 0.777. The number of alkyl halides is 3. The van der Waals surface area contributed by atoms with Gasteiger partial charge in [0, 0.05) is 11.3 Å². The molecule has 2 rings (SSSR count). The van der Waals surface area contributed by atoms with Crippen LogP contribution in [0.15, 0.2) is 59.5 Å². The van der Waals surface area contributed by atoms with E-state index in [9.17, 15) is 18.3 Å². The highest BCUT2D eigenvalue weighted by molar-refractivity contribution is 8.00. The van der Waals surface area contributed by atoms with Crippen molar-refractivity contribution in [3.05, 3.63) is 65.7 Å². The molecule has 0 spiro atoms. The maximum absolute atomic E-state index is 12.3. The minimum atomic E-state index is -4.31. The summed E-state index contributed by atoms with van der Waals surface area (Å²) in [7, 11) is 0. The Morgan fingerprint density at radius 3 is 2.09 bits per heavy atom. The second-order valence-corrected chi connectivity index (χ2v) is 6.04. The Morgan fingerprint density at radius 2 is 1.57 bits per heavy atom. The van der Waals surface area contributed by atoms with Crippen molar-refractivity contribution < 1.29 is 18.3 Å². The normalized spacial score (nSPS) is 14.0. The number of rotatable bonds is 5. The summed E-state index contributed by atoms with van der Waals surface area (Å²) in [6, 6.07) is 14.5. The Labute approximate surface area is 143 Å². The molecule has 0 aliphatic rings. The molecule has 2 aromatic rings. The van der Waals surface area contributed by atoms with Crippen LogP contribution in [0.3, 0.4) is 0 Å². The summed E-state index contributed by atoms with van der Waals surface area (Å²) >= 11 is -0.171. The number of thioether (sulfide) groups is 1. The third kappa shape index (κ3) is 6.43. The number of hydrogen-bond acceptors (Lipinski definition) is 3. The topological polar surface area (TPSA) is 46.2 Å². The molecule has 0 bridgehead atoms. The van der Waals surface area contributed by atoms with Gasteiger partial charge in [-0.3, -0.25) is 0 Å². The van der Waals surface area contributed by atoms with Crippen molar-refractivity contribution in [2.24, 2.45) is 5.73 Å². The van der Waals surface area contributed by atoms with E-state index in [4.69, 9.17) is 5.73 Å². The summed E-state index contributed by atoms with van der Waals surface area (Å²) in [5, 5.41) is 10.2. The molecule has 0 saturated heterocycles. The van der Waals surface area contributed by atoms with Gasteiger partial charge < -0.3 is 10.8 Å². The average Bonchev–Trinajstić information content (AvgIpc) is 2.46. The lowest BCUT2D eigenvalue weighted by Crippen LogP contribution is -2.28. The van der Waals surface area contributed by atoms with Gasteiger partial charge in [0.2, 0.25) is 0 Å². The van der Waals surface area contributed by atoms with Gasteiger partial charge in [-0.2, -0.15) is 13.2 Å². The molecule has 0 heterocycles. The van der Waals surface area contributed by atoms with Crippen molar-refractivity contribution in [3.8, 4) is 0 Å². The van der Waals surface area contributed by atoms with Gasteiger partial charge in [-0.05, 0) is 35.0 Å². The van der Waals surface area contributed by atoms with Crippen molar-refractivity contribution in [1.82, 2.24) is 0 Å². The van der Waals surface area contributed by atoms with Crippen molar-refractivity contribution in [2.45, 2.75) is 29.0 Å². The van der Waals surface area contributed by atoms with E-state index in [1.807, 2.05) is 30.3 Å². The van der Waals surface area contributed by atoms with Gasteiger partial charge in [-0.25, -0.2) is 0 Å². The predicted molar refractivity (Wildman–Crippen MR) is 88.7 cm³/mol. The van der Waals surface area contributed by atoms with Crippen LogP contribution >= 0.6 is 24.2 Å². The molecule has 0 aromatic heterocycles. The first-order valence-corrected chi connectivity index (χ1v) is 7.50. The van der Waals surface area contributed by atoms with Crippen molar-refractivity contribution in [2.75, 3.05) is 0 Å². The third-order valence-corrected chi connectivity index (χ3v) is 3.94. The number of hydrogen-bond donors (Lipinski definition) is 2. The highest BCUT2D eigenvalue weighted by Gasteiger charge is 2.29. The maximum atomic E-state index is 12.3. The largest absolute Gasteiger partial charge is 0.446 e. The van der Waals surface area contributed by atoms with Gasteiger partial charge in [0.1, 0.15) is 0 Å². The monoisotopic (exact) mass is 363 g/mol. The highest BCUT2D eigenvalue weighted by atomic mass is 35.5. The lowest BCUT2D eigenvalue weighted by Gasteiger charge is -2.19. The molecule has 2 atom stereocenters. The maximum Gasteiger partial charge on any atom is 0.446 e. The van der Waals surface area contributed by atoms with Crippen LogP contribution in [-0.2, 0) is 6.42 Å². The molecule has 0 saturated carbocycles. The van der Waals surface area contributed by atoms with Crippen LogP contribution in [0.5, 0.6) is 0 Å². The first-order valence-electron chi connectivity index (χ1n) is 6.68. The highest BCUT2D eigenvalue weighted by Crippen LogP contribution is 2.37. The molecule has 3 N–H and O–H groups in total. The molecule has 0 fully saturated rings. The fourth-order valence-corrected chi connectivity index (χ4v) is 2.64. The fraction of sp³-hybridized carbons (Fsp3) is 0.250. The van der Waals surface area contributed by atoms with Gasteiger partial charge in [0.25, 0.3) is 0 Å². The van der Waals surface area contributed by atoms with Crippen LogP contribution in [0.2, 0.25) is 0 Å². The van der Waals surface area contributed by atoms with Crippen LogP contribution in [0, 0.1) is 0 Å². The molecule has 0 unspecified atom stereocenters. The predicted octanol–water partition coefficient (Wildman–Crippen LogP) is 4.32. The van der Waals surface area contributed by atoms with E-state index in [0.29, 0.717) is 12.0 Å². The summed E-state index contributed by atoms with van der Waals surface area (Å²) in [5.41, 5.74) is 3.24. The molecule has 23 heavy (non-hydrogen) atoms. The van der Waals surface area contributed by atoms with Crippen molar-refractivity contribution >= 4 is 24.2 Å². The van der Waals surface area contributed by atoms with E-state index < -0.39 is 17.7 Å².